The van der Waals surface area contributed by atoms with E-state index in [0.29, 0.717) is 5.76 Å². The molecule has 78 valence electrons. The van der Waals surface area contributed by atoms with Gasteiger partial charge in [-0.15, -0.1) is 0 Å². The van der Waals surface area contributed by atoms with Crippen LogP contribution in [0.3, 0.4) is 0 Å². The van der Waals surface area contributed by atoms with Gasteiger partial charge in [-0.2, -0.15) is 0 Å². The molecule has 0 aromatic heterocycles. The van der Waals surface area contributed by atoms with Gasteiger partial charge in [-0.1, -0.05) is 28.1 Å². The molecule has 0 radical (unpaired) electrons. The second kappa shape index (κ2) is 4.06. The number of benzene rings is 1. The third-order valence-corrected chi connectivity index (χ3v) is 2.68. The van der Waals surface area contributed by atoms with Crippen molar-refractivity contribution in [3.05, 3.63) is 40.5 Å². The highest BCUT2D eigenvalue weighted by atomic mass is 79.9. The van der Waals surface area contributed by atoms with Crippen LogP contribution in [0.25, 0.3) is 5.76 Å². The van der Waals surface area contributed by atoms with Crippen molar-refractivity contribution in [2.45, 2.75) is 13.0 Å². The van der Waals surface area contributed by atoms with Crippen LogP contribution in [0.1, 0.15) is 12.5 Å². The van der Waals surface area contributed by atoms with Gasteiger partial charge in [0.15, 0.2) is 6.10 Å². The predicted octanol–water partition coefficient (Wildman–Crippen LogP) is 2.28. The first-order valence-electron chi connectivity index (χ1n) is 4.60. The number of hydrogen-bond donors (Lipinski definition) is 1. The van der Waals surface area contributed by atoms with Crippen molar-refractivity contribution in [3.8, 4) is 0 Å². The first-order chi connectivity index (χ1) is 7.16. The lowest BCUT2D eigenvalue weighted by Crippen LogP contribution is -2.34. The Balaban J connectivity index is 2.25. The normalized spacial score (nSPS) is 20.3. The van der Waals surface area contributed by atoms with Gasteiger partial charge in [0.2, 0.25) is 0 Å². The van der Waals surface area contributed by atoms with Gasteiger partial charge in [-0.25, -0.2) is 0 Å². The molecule has 1 aliphatic rings. The number of carbonyl (C=O) groups excluding carboxylic acids is 1. The molecule has 0 bridgehead atoms. The molecule has 15 heavy (non-hydrogen) atoms. The standard InChI is InChI=1S/C11H10BrNO2/c1-7-11(14)13-6-10(15-7)8-2-4-9(12)5-3-8/h2-7H,1H3,(H,13,14)/t7-/m1/s1. The zero-order valence-electron chi connectivity index (χ0n) is 8.16. The summed E-state index contributed by atoms with van der Waals surface area (Å²) in [6.07, 6.45) is 1.15. The van der Waals surface area contributed by atoms with Crippen LogP contribution in [-0.2, 0) is 9.53 Å². The summed E-state index contributed by atoms with van der Waals surface area (Å²) in [6.45, 7) is 1.72. The fourth-order valence-corrected chi connectivity index (χ4v) is 1.56. The van der Waals surface area contributed by atoms with Gasteiger partial charge in [-0.3, -0.25) is 4.79 Å². The average Bonchev–Trinajstić information content (AvgIpc) is 2.23. The van der Waals surface area contributed by atoms with Gasteiger partial charge >= 0.3 is 0 Å². The maximum Gasteiger partial charge on any atom is 0.264 e. The summed E-state index contributed by atoms with van der Waals surface area (Å²) in [5.41, 5.74) is 0.949. The molecule has 0 unspecified atom stereocenters. The smallest absolute Gasteiger partial charge is 0.264 e. The van der Waals surface area contributed by atoms with Gasteiger partial charge in [-0.05, 0) is 19.1 Å². The van der Waals surface area contributed by atoms with Crippen LogP contribution in [-0.4, -0.2) is 12.0 Å². The topological polar surface area (TPSA) is 38.3 Å². The molecule has 1 aromatic carbocycles. The van der Waals surface area contributed by atoms with Gasteiger partial charge in [0.05, 0.1) is 0 Å². The Morgan fingerprint density at radius 1 is 1.33 bits per heavy atom. The molecule has 1 aromatic rings. The van der Waals surface area contributed by atoms with Crippen molar-refractivity contribution in [2.75, 3.05) is 0 Å². The molecule has 1 N–H and O–H groups in total. The van der Waals surface area contributed by atoms with Crippen molar-refractivity contribution in [3.63, 3.8) is 0 Å². The summed E-state index contributed by atoms with van der Waals surface area (Å²) >= 11 is 3.36. The summed E-state index contributed by atoms with van der Waals surface area (Å²) in [5.74, 6) is 0.575. The Morgan fingerprint density at radius 2 is 2.00 bits per heavy atom. The van der Waals surface area contributed by atoms with E-state index in [0.717, 1.165) is 10.0 Å². The number of ether oxygens (including phenoxy) is 1. The first kappa shape index (κ1) is 10.2. The highest BCUT2D eigenvalue weighted by Gasteiger charge is 2.20. The Hall–Kier alpha value is -1.29. The number of carbonyl (C=O) groups is 1. The molecule has 0 fully saturated rings. The zero-order valence-corrected chi connectivity index (χ0v) is 9.74. The third kappa shape index (κ3) is 2.21. The lowest BCUT2D eigenvalue weighted by Gasteiger charge is -2.21. The van der Waals surface area contributed by atoms with Gasteiger partial charge < -0.3 is 10.1 Å². The molecule has 2 rings (SSSR count). The molecule has 3 nitrogen and oxygen atoms in total. The first-order valence-corrected chi connectivity index (χ1v) is 5.39. The number of rotatable bonds is 1. The van der Waals surface area contributed by atoms with Crippen molar-refractivity contribution in [1.29, 1.82) is 0 Å². The largest absolute Gasteiger partial charge is 0.479 e. The molecule has 0 aliphatic carbocycles. The average molecular weight is 268 g/mol. The third-order valence-electron chi connectivity index (χ3n) is 2.15. The quantitative estimate of drug-likeness (QED) is 0.848. The molecule has 1 heterocycles. The number of hydrogen-bond acceptors (Lipinski definition) is 2. The predicted molar refractivity (Wildman–Crippen MR) is 60.8 cm³/mol. The van der Waals surface area contributed by atoms with E-state index in [1.54, 1.807) is 13.1 Å². The number of halogens is 1. The van der Waals surface area contributed by atoms with E-state index in [2.05, 4.69) is 21.2 Å². The van der Waals surface area contributed by atoms with Crippen molar-refractivity contribution >= 4 is 27.6 Å². The second-order valence-electron chi connectivity index (χ2n) is 3.28. The Bertz CT molecular complexity index is 411. The monoisotopic (exact) mass is 267 g/mol. The van der Waals surface area contributed by atoms with Gasteiger partial charge in [0, 0.05) is 16.2 Å². The molecule has 1 aliphatic heterocycles. The minimum Gasteiger partial charge on any atom is -0.479 e. The van der Waals surface area contributed by atoms with Crippen LogP contribution in [0.15, 0.2) is 34.9 Å². The second-order valence-corrected chi connectivity index (χ2v) is 4.20. The summed E-state index contributed by atoms with van der Waals surface area (Å²) in [5, 5.41) is 2.66. The van der Waals surface area contributed by atoms with Gasteiger partial charge in [0.1, 0.15) is 5.76 Å². The van der Waals surface area contributed by atoms with E-state index in [1.807, 2.05) is 24.3 Å². The molecule has 0 saturated heterocycles. The van der Waals surface area contributed by atoms with E-state index >= 15 is 0 Å². The molecular weight excluding hydrogens is 258 g/mol. The fraction of sp³-hybridized carbons (Fsp3) is 0.182. The van der Waals surface area contributed by atoms with E-state index in [1.165, 1.54) is 0 Å². The highest BCUT2D eigenvalue weighted by Crippen LogP contribution is 2.21. The van der Waals surface area contributed by atoms with Crippen LogP contribution in [0, 0.1) is 0 Å². The van der Waals surface area contributed by atoms with Crippen molar-refractivity contribution in [2.24, 2.45) is 0 Å². The van der Waals surface area contributed by atoms with Crippen LogP contribution >= 0.6 is 15.9 Å². The molecule has 0 saturated carbocycles. The van der Waals surface area contributed by atoms with Crippen LogP contribution in [0.2, 0.25) is 0 Å². The van der Waals surface area contributed by atoms with E-state index in [9.17, 15) is 4.79 Å². The summed E-state index contributed by atoms with van der Waals surface area (Å²) in [7, 11) is 0. The number of amides is 1. The number of nitrogens with one attached hydrogen (secondary N) is 1. The van der Waals surface area contributed by atoms with Crippen molar-refractivity contribution < 1.29 is 9.53 Å². The SMILES string of the molecule is C[C@H]1OC(c2ccc(Br)cc2)=CNC1=O. The molecule has 0 spiro atoms. The minimum atomic E-state index is -0.436. The maximum atomic E-state index is 11.1. The highest BCUT2D eigenvalue weighted by molar-refractivity contribution is 9.10. The minimum absolute atomic E-state index is 0.115. The summed E-state index contributed by atoms with van der Waals surface area (Å²) in [4.78, 5) is 11.1. The fourth-order valence-electron chi connectivity index (χ4n) is 1.30. The lowest BCUT2D eigenvalue weighted by molar-refractivity contribution is -0.128. The van der Waals surface area contributed by atoms with Gasteiger partial charge in [0.25, 0.3) is 5.91 Å². The van der Waals surface area contributed by atoms with E-state index < -0.39 is 6.10 Å². The molecule has 1 atom stereocenters. The zero-order chi connectivity index (χ0) is 10.8. The summed E-state index contributed by atoms with van der Waals surface area (Å²) in [6, 6.07) is 7.72. The lowest BCUT2D eigenvalue weighted by atomic mass is 10.2. The van der Waals surface area contributed by atoms with E-state index in [4.69, 9.17) is 4.74 Å². The summed E-state index contributed by atoms with van der Waals surface area (Å²) < 4.78 is 6.47. The van der Waals surface area contributed by atoms with E-state index in [-0.39, 0.29) is 5.91 Å². The Labute approximate surface area is 96.3 Å². The van der Waals surface area contributed by atoms with Crippen molar-refractivity contribution in [1.82, 2.24) is 5.32 Å². The molecular formula is C11H10BrNO2. The molecule has 4 heteroatoms. The van der Waals surface area contributed by atoms with Crippen LogP contribution < -0.4 is 5.32 Å². The Morgan fingerprint density at radius 3 is 2.60 bits per heavy atom. The van der Waals surface area contributed by atoms with Crippen LogP contribution in [0.4, 0.5) is 0 Å². The molecule has 1 amide bonds. The Kier molecular flexibility index (Phi) is 2.77. The van der Waals surface area contributed by atoms with Crippen LogP contribution in [0.5, 0.6) is 0 Å². The maximum absolute atomic E-state index is 11.1.